The van der Waals surface area contributed by atoms with Gasteiger partial charge in [-0.1, -0.05) is 33.8 Å². The summed E-state index contributed by atoms with van der Waals surface area (Å²) in [4.78, 5) is 28.7. The van der Waals surface area contributed by atoms with E-state index >= 15 is 0 Å². The van der Waals surface area contributed by atoms with Gasteiger partial charge in [-0.05, 0) is 68.0 Å². The van der Waals surface area contributed by atoms with Gasteiger partial charge >= 0.3 is 0 Å². The monoisotopic (exact) mass is 551 g/mol. The Hall–Kier alpha value is -3.73. The molecule has 39 heavy (non-hydrogen) atoms. The molecule has 0 radical (unpaired) electrons. The van der Waals surface area contributed by atoms with Gasteiger partial charge in [0.05, 0.1) is 17.0 Å². The Morgan fingerprint density at radius 2 is 1.82 bits per heavy atom. The van der Waals surface area contributed by atoms with Crippen molar-refractivity contribution in [3.8, 4) is 11.4 Å². The van der Waals surface area contributed by atoms with Crippen molar-refractivity contribution in [2.24, 2.45) is 11.3 Å². The standard InChI is InChI=1S/C28H37N7O3S/c1-18-14-16-35(28(18,5)6)25-19(26(36)34-39(37,38)22-10-8-15-30-24(22)29)12-13-21(33-25)20-9-7-11-23(32-20)31-17-27(2,3)4/h7-13,15,18H,14,16-17H2,1-6H3,(H2,29,30)(H,31,32)(H,34,36). The second kappa shape index (κ2) is 10.4. The van der Waals surface area contributed by atoms with Crippen molar-refractivity contribution in [2.75, 3.05) is 29.0 Å². The lowest BCUT2D eigenvalue weighted by Crippen LogP contribution is -2.43. The van der Waals surface area contributed by atoms with Crippen LogP contribution in [0.5, 0.6) is 0 Å². The van der Waals surface area contributed by atoms with Crippen LogP contribution >= 0.6 is 0 Å². The highest BCUT2D eigenvalue weighted by Crippen LogP contribution is 2.39. The van der Waals surface area contributed by atoms with E-state index in [0.29, 0.717) is 29.7 Å². The Morgan fingerprint density at radius 1 is 1.10 bits per heavy atom. The van der Waals surface area contributed by atoms with Crippen molar-refractivity contribution >= 4 is 33.4 Å². The van der Waals surface area contributed by atoms with Gasteiger partial charge < -0.3 is 16.0 Å². The van der Waals surface area contributed by atoms with Gasteiger partial charge in [-0.15, -0.1) is 0 Å². The fraction of sp³-hybridized carbons (Fsp3) is 0.429. The van der Waals surface area contributed by atoms with Crippen LogP contribution in [-0.4, -0.2) is 47.9 Å². The molecule has 1 saturated heterocycles. The highest BCUT2D eigenvalue weighted by atomic mass is 32.2. The Bertz CT molecular complexity index is 1480. The van der Waals surface area contributed by atoms with E-state index in [1.807, 2.05) is 18.2 Å². The fourth-order valence-corrected chi connectivity index (χ4v) is 5.53. The lowest BCUT2D eigenvalue weighted by molar-refractivity contribution is 0.0981. The van der Waals surface area contributed by atoms with E-state index in [2.05, 4.69) is 61.5 Å². The summed E-state index contributed by atoms with van der Waals surface area (Å²) in [6, 6.07) is 11.7. The Labute approximate surface area is 230 Å². The summed E-state index contributed by atoms with van der Waals surface area (Å²) in [5.41, 5.74) is 6.91. The number of nitrogen functional groups attached to an aromatic ring is 1. The van der Waals surface area contributed by atoms with Crippen LogP contribution < -0.4 is 20.7 Å². The van der Waals surface area contributed by atoms with Crippen LogP contribution in [0.4, 0.5) is 17.5 Å². The summed E-state index contributed by atoms with van der Waals surface area (Å²) in [6.07, 6.45) is 2.30. The third-order valence-corrected chi connectivity index (χ3v) is 8.57. The minimum Gasteiger partial charge on any atom is -0.383 e. The molecule has 0 aliphatic carbocycles. The molecule has 4 rings (SSSR count). The molecule has 0 spiro atoms. The quantitative estimate of drug-likeness (QED) is 0.391. The number of carbonyl (C=O) groups is 1. The number of nitrogens with one attached hydrogen (secondary N) is 2. The van der Waals surface area contributed by atoms with Crippen LogP contribution in [0.3, 0.4) is 0 Å². The van der Waals surface area contributed by atoms with E-state index < -0.39 is 15.9 Å². The predicted octanol–water partition coefficient (Wildman–Crippen LogP) is 4.32. The minimum atomic E-state index is -4.26. The van der Waals surface area contributed by atoms with Crippen molar-refractivity contribution in [3.05, 3.63) is 54.2 Å². The smallest absolute Gasteiger partial charge is 0.268 e. The average molecular weight is 552 g/mol. The van der Waals surface area contributed by atoms with E-state index in [1.165, 1.54) is 18.3 Å². The zero-order valence-corrected chi connectivity index (χ0v) is 24.1. The molecular formula is C28H37N7O3S. The molecule has 1 aliphatic heterocycles. The highest BCUT2D eigenvalue weighted by Gasteiger charge is 2.41. The molecule has 1 atom stereocenters. The number of anilines is 3. The second-order valence-corrected chi connectivity index (χ2v) is 13.4. The summed E-state index contributed by atoms with van der Waals surface area (Å²) >= 11 is 0. The van der Waals surface area contributed by atoms with Gasteiger partial charge in [0.15, 0.2) is 0 Å². The first kappa shape index (κ1) is 28.3. The van der Waals surface area contributed by atoms with Crippen LogP contribution in [0.15, 0.2) is 53.6 Å². The summed E-state index contributed by atoms with van der Waals surface area (Å²) in [5.74, 6) is 0.482. The average Bonchev–Trinajstić information content (AvgIpc) is 3.13. The first-order chi connectivity index (χ1) is 18.2. The molecule has 11 heteroatoms. The summed E-state index contributed by atoms with van der Waals surface area (Å²) < 4.78 is 28.2. The fourth-order valence-electron chi connectivity index (χ4n) is 4.48. The summed E-state index contributed by atoms with van der Waals surface area (Å²) in [5, 5.41) is 3.36. The van der Waals surface area contributed by atoms with Gasteiger partial charge in [0.25, 0.3) is 15.9 Å². The number of rotatable bonds is 7. The topological polar surface area (TPSA) is 143 Å². The molecule has 1 aliphatic rings. The molecule has 0 aromatic carbocycles. The Balaban J connectivity index is 1.74. The van der Waals surface area contributed by atoms with Crippen molar-refractivity contribution in [1.82, 2.24) is 19.7 Å². The van der Waals surface area contributed by atoms with Gasteiger partial charge in [-0.2, -0.15) is 0 Å². The maximum absolute atomic E-state index is 13.5. The summed E-state index contributed by atoms with van der Waals surface area (Å²) in [7, 11) is -4.26. The van der Waals surface area contributed by atoms with Gasteiger partial charge in [0, 0.05) is 24.8 Å². The molecular weight excluding hydrogens is 514 g/mol. The van der Waals surface area contributed by atoms with E-state index in [9.17, 15) is 13.2 Å². The number of sulfonamides is 1. The molecule has 1 unspecified atom stereocenters. The van der Waals surface area contributed by atoms with Crippen molar-refractivity contribution in [2.45, 2.75) is 58.4 Å². The van der Waals surface area contributed by atoms with Crippen molar-refractivity contribution in [1.29, 1.82) is 0 Å². The third kappa shape index (κ3) is 6.13. The van der Waals surface area contributed by atoms with E-state index in [1.54, 1.807) is 12.1 Å². The number of hydrogen-bond donors (Lipinski definition) is 3. The SMILES string of the molecule is CC1CCN(c2nc(-c3cccc(NCC(C)(C)C)n3)ccc2C(=O)NS(=O)(=O)c2cccnc2N)C1(C)C. The van der Waals surface area contributed by atoms with Gasteiger partial charge in [-0.3, -0.25) is 4.79 Å². The van der Waals surface area contributed by atoms with Gasteiger partial charge in [0.1, 0.15) is 22.3 Å². The molecule has 208 valence electrons. The Kier molecular flexibility index (Phi) is 7.57. The number of hydrogen-bond acceptors (Lipinski definition) is 9. The minimum absolute atomic E-state index is 0.0803. The van der Waals surface area contributed by atoms with Crippen molar-refractivity contribution < 1.29 is 13.2 Å². The van der Waals surface area contributed by atoms with E-state index in [-0.39, 0.29) is 27.2 Å². The molecule has 10 nitrogen and oxygen atoms in total. The molecule has 4 N–H and O–H groups in total. The summed E-state index contributed by atoms with van der Waals surface area (Å²) in [6.45, 7) is 14.2. The maximum Gasteiger partial charge on any atom is 0.268 e. The molecule has 3 aromatic heterocycles. The molecule has 0 saturated carbocycles. The molecule has 1 fully saturated rings. The lowest BCUT2D eigenvalue weighted by atomic mass is 9.90. The maximum atomic E-state index is 13.5. The zero-order chi connectivity index (χ0) is 28.6. The van der Waals surface area contributed by atoms with Crippen LogP contribution in [0.25, 0.3) is 11.4 Å². The normalized spacial score (nSPS) is 17.2. The number of aromatic nitrogens is 3. The predicted molar refractivity (Wildman–Crippen MR) is 154 cm³/mol. The van der Waals surface area contributed by atoms with Crippen LogP contribution in [0.1, 0.15) is 58.3 Å². The van der Waals surface area contributed by atoms with Crippen LogP contribution in [-0.2, 0) is 10.0 Å². The first-order valence-electron chi connectivity index (χ1n) is 13.0. The molecule has 4 heterocycles. The zero-order valence-electron chi connectivity index (χ0n) is 23.3. The largest absolute Gasteiger partial charge is 0.383 e. The number of carbonyl (C=O) groups excluding carboxylic acids is 1. The van der Waals surface area contributed by atoms with Crippen LogP contribution in [0.2, 0.25) is 0 Å². The lowest BCUT2D eigenvalue weighted by Gasteiger charge is -2.36. The van der Waals surface area contributed by atoms with Crippen LogP contribution in [0, 0.1) is 11.3 Å². The molecule has 3 aromatic rings. The first-order valence-corrected chi connectivity index (χ1v) is 14.4. The number of nitrogens with two attached hydrogens (primary N) is 1. The second-order valence-electron chi connectivity index (χ2n) is 11.7. The molecule has 0 bridgehead atoms. The number of nitrogens with zero attached hydrogens (tertiary/aromatic N) is 4. The Morgan fingerprint density at radius 3 is 2.46 bits per heavy atom. The van der Waals surface area contributed by atoms with Gasteiger partial charge in [-0.25, -0.2) is 28.1 Å². The van der Waals surface area contributed by atoms with E-state index in [4.69, 9.17) is 15.7 Å². The van der Waals surface area contributed by atoms with E-state index in [0.717, 1.165) is 18.8 Å². The number of pyridine rings is 3. The highest BCUT2D eigenvalue weighted by molar-refractivity contribution is 7.90. The third-order valence-electron chi connectivity index (χ3n) is 7.19. The number of amides is 1. The van der Waals surface area contributed by atoms with Crippen molar-refractivity contribution in [3.63, 3.8) is 0 Å². The van der Waals surface area contributed by atoms with Gasteiger partial charge in [0.2, 0.25) is 0 Å². The molecule has 1 amide bonds.